The molecular formula is C41H31F2N3O+2. The van der Waals surface area contributed by atoms with E-state index in [0.29, 0.717) is 34.7 Å². The molecule has 0 bridgehead atoms. The summed E-state index contributed by atoms with van der Waals surface area (Å²) in [5, 5.41) is 1.70. The lowest BCUT2D eigenvalue weighted by molar-refractivity contribution is -0.721. The fourth-order valence-electron chi connectivity index (χ4n) is 8.11. The normalized spacial score (nSPS) is 16.8. The first-order chi connectivity index (χ1) is 22.9. The lowest BCUT2D eigenvalue weighted by Gasteiger charge is -2.29. The van der Waals surface area contributed by atoms with Crippen LogP contribution in [-0.2, 0) is 6.42 Å². The maximum atomic E-state index is 16.3. The number of pyridine rings is 3. The smallest absolute Gasteiger partial charge is 0.368 e. The lowest BCUT2D eigenvalue weighted by Crippen LogP contribution is -2.51. The minimum Gasteiger partial charge on any atom is -0.437 e. The molecule has 0 amide bonds. The van der Waals surface area contributed by atoms with Gasteiger partial charge >= 0.3 is 5.95 Å². The van der Waals surface area contributed by atoms with Crippen molar-refractivity contribution in [3.8, 4) is 33.8 Å². The van der Waals surface area contributed by atoms with Gasteiger partial charge in [0, 0.05) is 41.0 Å². The number of aryl methyl sites for hydroxylation is 3. The van der Waals surface area contributed by atoms with Gasteiger partial charge in [-0.2, -0.15) is 4.57 Å². The Hall–Kier alpha value is -5.49. The standard InChI is InChI=1S/C41H31F2N3O/c1-23-9-8-10-24(2)37(23)32-18-17-31-30-16-14-26-15-19-34-38(29-12-5-4-11-28(29)33-13-6-7-20-45(33)34)25(3)46-35(21-27(42)22-36(46)43)39(26)40(30)47-41(31)44-32/h4-14,16-18,20-22,34,38H,3,15,19H2,1-2H3/q+2. The van der Waals surface area contributed by atoms with Crippen molar-refractivity contribution in [2.24, 2.45) is 0 Å². The Morgan fingerprint density at radius 3 is 2.45 bits per heavy atom. The van der Waals surface area contributed by atoms with Crippen LogP contribution in [-0.4, -0.2) is 4.98 Å². The van der Waals surface area contributed by atoms with Gasteiger partial charge in [0.15, 0.2) is 23.5 Å². The molecule has 3 aromatic carbocycles. The third kappa shape index (κ3) is 4.07. The molecule has 0 fully saturated rings. The Morgan fingerprint density at radius 1 is 0.809 bits per heavy atom. The second-order valence-electron chi connectivity index (χ2n) is 12.8. The summed E-state index contributed by atoms with van der Waals surface area (Å²) in [6, 6.07) is 31.2. The number of fused-ring (bicyclic) bond motifs is 13. The zero-order valence-electron chi connectivity index (χ0n) is 26.1. The molecule has 2 aliphatic rings. The fourth-order valence-corrected chi connectivity index (χ4v) is 8.11. The molecule has 228 valence electrons. The number of furan rings is 1. The Kier molecular flexibility index (Phi) is 6.07. The SMILES string of the molecule is C=C1C2c3ccccc3-c3cccc[n+]3C2CCc2ccc3c(oc4nc(-c5c(C)cccc5C)ccc43)c2-c2cc(F)cc(F)[n+]21. The Morgan fingerprint density at radius 2 is 1.60 bits per heavy atom. The van der Waals surface area contributed by atoms with Crippen LogP contribution in [0.15, 0.2) is 114 Å². The average Bonchev–Trinajstić information content (AvgIpc) is 3.45. The van der Waals surface area contributed by atoms with E-state index in [0.717, 1.165) is 68.0 Å². The molecule has 4 aromatic heterocycles. The van der Waals surface area contributed by atoms with Gasteiger partial charge in [-0.1, -0.05) is 48.5 Å². The Balaban J connectivity index is 1.32. The molecule has 0 aliphatic carbocycles. The van der Waals surface area contributed by atoms with E-state index in [2.05, 4.69) is 73.7 Å². The van der Waals surface area contributed by atoms with Crippen LogP contribution in [0, 0.1) is 25.6 Å². The molecule has 0 N–H and O–H groups in total. The molecule has 6 heterocycles. The number of halogens is 2. The quantitative estimate of drug-likeness (QED) is 0.136. The van der Waals surface area contributed by atoms with E-state index in [9.17, 15) is 0 Å². The number of nitrogens with zero attached hydrogens (tertiary/aromatic N) is 3. The molecule has 0 spiro atoms. The van der Waals surface area contributed by atoms with Crippen molar-refractivity contribution in [3.05, 3.63) is 144 Å². The van der Waals surface area contributed by atoms with Crippen molar-refractivity contribution in [3.63, 3.8) is 0 Å². The molecule has 7 aromatic rings. The van der Waals surface area contributed by atoms with E-state index in [-0.39, 0.29) is 12.0 Å². The highest BCUT2D eigenvalue weighted by atomic mass is 19.1. The van der Waals surface area contributed by atoms with Gasteiger partial charge < -0.3 is 4.42 Å². The summed E-state index contributed by atoms with van der Waals surface area (Å²) in [5.74, 6) is -1.62. The van der Waals surface area contributed by atoms with E-state index in [1.54, 1.807) is 0 Å². The number of hydrogen-bond acceptors (Lipinski definition) is 2. The zero-order chi connectivity index (χ0) is 32.0. The van der Waals surface area contributed by atoms with Gasteiger partial charge in [0.2, 0.25) is 17.1 Å². The molecule has 4 nitrogen and oxygen atoms in total. The van der Waals surface area contributed by atoms with Gasteiger partial charge in [0.05, 0.1) is 22.9 Å². The van der Waals surface area contributed by atoms with E-state index in [1.807, 2.05) is 42.5 Å². The van der Waals surface area contributed by atoms with Gasteiger partial charge in [-0.05, 0) is 73.4 Å². The highest BCUT2D eigenvalue weighted by Gasteiger charge is 2.47. The average molecular weight is 620 g/mol. The van der Waals surface area contributed by atoms with E-state index in [1.165, 1.54) is 10.6 Å². The van der Waals surface area contributed by atoms with Crippen LogP contribution in [0.2, 0.25) is 0 Å². The van der Waals surface area contributed by atoms with E-state index < -0.39 is 11.8 Å². The van der Waals surface area contributed by atoms with Crippen molar-refractivity contribution in [2.75, 3.05) is 0 Å². The van der Waals surface area contributed by atoms with E-state index >= 15 is 8.78 Å². The predicted molar refractivity (Wildman–Crippen MR) is 179 cm³/mol. The lowest BCUT2D eigenvalue weighted by atomic mass is 9.79. The van der Waals surface area contributed by atoms with Gasteiger partial charge in [-0.3, -0.25) is 0 Å². The maximum absolute atomic E-state index is 16.3. The van der Waals surface area contributed by atoms with Crippen molar-refractivity contribution in [1.29, 1.82) is 0 Å². The second-order valence-corrected chi connectivity index (χ2v) is 12.8. The molecule has 2 unspecified atom stereocenters. The minimum absolute atomic E-state index is 0.0442. The third-order valence-electron chi connectivity index (χ3n) is 10.1. The molecule has 0 saturated carbocycles. The van der Waals surface area contributed by atoms with Gasteiger partial charge in [0.1, 0.15) is 11.7 Å². The van der Waals surface area contributed by atoms with Gasteiger partial charge in [-0.15, -0.1) is 8.96 Å². The Labute approximate surface area is 270 Å². The Bertz CT molecular complexity index is 2440. The van der Waals surface area contributed by atoms with Gasteiger partial charge in [0.25, 0.3) is 0 Å². The summed E-state index contributed by atoms with van der Waals surface area (Å²) < 4.78 is 42.0. The van der Waals surface area contributed by atoms with Crippen LogP contribution < -0.4 is 9.13 Å². The van der Waals surface area contributed by atoms with E-state index in [4.69, 9.17) is 9.40 Å². The first kappa shape index (κ1) is 27.8. The molecule has 6 heteroatoms. The third-order valence-corrected chi connectivity index (χ3v) is 10.1. The van der Waals surface area contributed by atoms with Crippen molar-refractivity contribution >= 4 is 27.8 Å². The summed E-state index contributed by atoms with van der Waals surface area (Å²) in [6.45, 7) is 8.70. The number of aromatic nitrogens is 3. The van der Waals surface area contributed by atoms with Crippen molar-refractivity contribution < 1.29 is 22.3 Å². The summed E-state index contributed by atoms with van der Waals surface area (Å²) >= 11 is 0. The molecule has 9 rings (SSSR count). The summed E-state index contributed by atoms with van der Waals surface area (Å²) in [6.07, 6.45) is 3.52. The first-order valence-electron chi connectivity index (χ1n) is 16.0. The second kappa shape index (κ2) is 10.3. The number of rotatable bonds is 1. The largest absolute Gasteiger partial charge is 0.437 e. The zero-order valence-corrected chi connectivity index (χ0v) is 26.1. The van der Waals surface area contributed by atoms with Crippen LogP contribution in [0.4, 0.5) is 8.78 Å². The monoisotopic (exact) mass is 619 g/mol. The number of benzene rings is 3. The summed E-state index contributed by atoms with van der Waals surface area (Å²) in [7, 11) is 0. The van der Waals surface area contributed by atoms with Crippen LogP contribution in [0.5, 0.6) is 0 Å². The number of hydrogen-bond donors (Lipinski definition) is 0. The van der Waals surface area contributed by atoms with Crippen LogP contribution >= 0.6 is 0 Å². The minimum atomic E-state index is -0.707. The highest BCUT2D eigenvalue weighted by Crippen LogP contribution is 2.46. The summed E-state index contributed by atoms with van der Waals surface area (Å²) in [5.41, 5.74) is 11.0. The fraction of sp³-hybridized carbons (Fsp3) is 0.146. The van der Waals surface area contributed by atoms with Crippen molar-refractivity contribution in [1.82, 2.24) is 4.98 Å². The maximum Gasteiger partial charge on any atom is 0.368 e. The van der Waals surface area contributed by atoms with Crippen LogP contribution in [0.25, 0.3) is 61.5 Å². The highest BCUT2D eigenvalue weighted by molar-refractivity contribution is 6.09. The van der Waals surface area contributed by atoms with Crippen LogP contribution in [0.1, 0.15) is 40.6 Å². The molecule has 2 aliphatic heterocycles. The van der Waals surface area contributed by atoms with Crippen LogP contribution in [0.3, 0.4) is 0 Å². The predicted octanol–water partition coefficient (Wildman–Crippen LogP) is 9.21. The molecule has 0 saturated heterocycles. The molecule has 2 atom stereocenters. The first-order valence-corrected chi connectivity index (χ1v) is 16.0. The molecular weight excluding hydrogens is 588 g/mol. The molecule has 0 radical (unpaired) electrons. The topological polar surface area (TPSA) is 33.8 Å². The summed E-state index contributed by atoms with van der Waals surface area (Å²) in [4.78, 5) is 4.99. The van der Waals surface area contributed by atoms with Crippen molar-refractivity contribution in [2.45, 2.75) is 38.6 Å². The molecule has 47 heavy (non-hydrogen) atoms. The number of allylic oxidation sites excluding steroid dienone is 1. The van der Waals surface area contributed by atoms with Gasteiger partial charge in [-0.25, -0.2) is 9.37 Å².